The van der Waals surface area contributed by atoms with Crippen LogP contribution < -0.4 is 10.2 Å². The van der Waals surface area contributed by atoms with Crippen LogP contribution in [0.25, 0.3) is 0 Å². The van der Waals surface area contributed by atoms with Crippen molar-refractivity contribution in [3.05, 3.63) is 65.0 Å². The highest BCUT2D eigenvalue weighted by Crippen LogP contribution is 2.40. The molecular weight excluding hydrogens is 446 g/mol. The Morgan fingerprint density at radius 3 is 2.47 bits per heavy atom. The van der Waals surface area contributed by atoms with Crippen LogP contribution in [0.15, 0.2) is 42.5 Å². The Hall–Kier alpha value is -2.61. The van der Waals surface area contributed by atoms with Crippen LogP contribution in [0, 0.1) is 11.7 Å². The molecule has 0 bridgehead atoms. The summed E-state index contributed by atoms with van der Waals surface area (Å²) >= 11 is 0. The molecule has 2 fully saturated rings. The zero-order chi connectivity index (χ0) is 23.9. The first-order valence-corrected chi connectivity index (χ1v) is 12.0. The Balaban J connectivity index is 1.40. The van der Waals surface area contributed by atoms with Crippen molar-refractivity contribution < 1.29 is 22.4 Å². The number of carbonyl (C=O) groups excluding carboxylic acids is 1. The molecule has 1 aliphatic carbocycles. The first-order chi connectivity index (χ1) is 16.3. The summed E-state index contributed by atoms with van der Waals surface area (Å²) in [6.45, 7) is 2.54. The first kappa shape index (κ1) is 23.1. The number of anilines is 1. The number of nitrogens with zero attached hydrogens (tertiary/aromatic N) is 2. The van der Waals surface area contributed by atoms with Gasteiger partial charge in [-0.2, -0.15) is 13.2 Å². The summed E-state index contributed by atoms with van der Waals surface area (Å²) in [5.41, 5.74) is 1.48. The molecule has 0 radical (unpaired) electrons. The summed E-state index contributed by atoms with van der Waals surface area (Å²) in [5.74, 6) is -0.972. The minimum atomic E-state index is -4.42. The quantitative estimate of drug-likeness (QED) is 0.648. The van der Waals surface area contributed by atoms with Crippen LogP contribution >= 0.6 is 0 Å². The lowest BCUT2D eigenvalue weighted by atomic mass is 9.82. The van der Waals surface area contributed by atoms with Crippen LogP contribution in [0.2, 0.25) is 0 Å². The van der Waals surface area contributed by atoms with Crippen LogP contribution in [0.4, 0.5) is 23.2 Å². The second kappa shape index (κ2) is 9.21. The van der Waals surface area contributed by atoms with E-state index in [0.717, 1.165) is 30.4 Å². The number of rotatable bonds is 4. The molecule has 0 unspecified atom stereocenters. The highest BCUT2D eigenvalue weighted by atomic mass is 19.4. The molecule has 1 N–H and O–H groups in total. The molecule has 2 heterocycles. The van der Waals surface area contributed by atoms with Gasteiger partial charge in [-0.3, -0.25) is 9.69 Å². The fourth-order valence-corrected chi connectivity index (χ4v) is 5.85. The molecule has 2 aliphatic heterocycles. The van der Waals surface area contributed by atoms with Crippen molar-refractivity contribution in [2.45, 2.75) is 56.9 Å². The summed E-state index contributed by atoms with van der Waals surface area (Å²) in [7, 11) is 0. The number of piperazine rings is 1. The maximum absolute atomic E-state index is 13.4. The van der Waals surface area contributed by atoms with E-state index in [1.807, 2.05) is 0 Å². The molecule has 2 aromatic carbocycles. The summed E-state index contributed by atoms with van der Waals surface area (Å²) in [6.07, 6.45) is 0.626. The van der Waals surface area contributed by atoms with E-state index in [-0.39, 0.29) is 30.7 Å². The lowest BCUT2D eigenvalue weighted by Gasteiger charge is -2.50. The average molecular weight is 476 g/mol. The molecule has 182 valence electrons. The van der Waals surface area contributed by atoms with E-state index in [1.165, 1.54) is 43.9 Å². The molecule has 5 rings (SSSR count). The van der Waals surface area contributed by atoms with E-state index in [2.05, 4.69) is 15.1 Å². The van der Waals surface area contributed by atoms with E-state index in [0.29, 0.717) is 18.2 Å². The zero-order valence-electron chi connectivity index (χ0n) is 19.0. The van der Waals surface area contributed by atoms with Crippen LogP contribution in [0.5, 0.6) is 0 Å². The highest BCUT2D eigenvalue weighted by molar-refractivity contribution is 5.82. The molecule has 34 heavy (non-hydrogen) atoms. The smallest absolute Gasteiger partial charge is 0.365 e. The molecule has 4 nitrogen and oxygen atoms in total. The summed E-state index contributed by atoms with van der Waals surface area (Å²) in [6, 6.07) is 10.3. The maximum Gasteiger partial charge on any atom is 0.416 e. The van der Waals surface area contributed by atoms with E-state index in [1.54, 1.807) is 18.2 Å². The molecule has 3 aliphatic rings. The summed E-state index contributed by atoms with van der Waals surface area (Å²) in [5, 5.41) is 2.95. The predicted molar refractivity (Wildman–Crippen MR) is 122 cm³/mol. The van der Waals surface area contributed by atoms with E-state index in [4.69, 9.17) is 0 Å². The average Bonchev–Trinajstić information content (AvgIpc) is 3.37. The Kier molecular flexibility index (Phi) is 6.27. The van der Waals surface area contributed by atoms with Gasteiger partial charge in [0.2, 0.25) is 5.91 Å². The van der Waals surface area contributed by atoms with Gasteiger partial charge in [0, 0.05) is 37.9 Å². The van der Waals surface area contributed by atoms with E-state index < -0.39 is 17.7 Å². The molecule has 2 aromatic rings. The molecule has 1 saturated carbocycles. The van der Waals surface area contributed by atoms with Gasteiger partial charge < -0.3 is 10.2 Å². The van der Waals surface area contributed by atoms with Crippen LogP contribution in [-0.2, 0) is 23.9 Å². The second-order valence-corrected chi connectivity index (χ2v) is 9.69. The molecule has 0 spiro atoms. The van der Waals surface area contributed by atoms with Crippen molar-refractivity contribution in [1.29, 1.82) is 0 Å². The van der Waals surface area contributed by atoms with Crippen molar-refractivity contribution in [2.24, 2.45) is 5.92 Å². The van der Waals surface area contributed by atoms with Crippen molar-refractivity contribution in [2.75, 3.05) is 24.5 Å². The molecule has 1 saturated heterocycles. The zero-order valence-corrected chi connectivity index (χ0v) is 19.0. The van der Waals surface area contributed by atoms with Gasteiger partial charge in [0.15, 0.2) is 0 Å². The lowest BCUT2D eigenvalue weighted by molar-refractivity contribution is -0.137. The van der Waals surface area contributed by atoms with Gasteiger partial charge >= 0.3 is 6.18 Å². The Labute approximate surface area is 196 Å². The molecule has 0 aromatic heterocycles. The van der Waals surface area contributed by atoms with Crippen molar-refractivity contribution in [3.8, 4) is 0 Å². The second-order valence-electron chi connectivity index (χ2n) is 9.69. The number of carbonyl (C=O) groups is 1. The lowest BCUT2D eigenvalue weighted by Crippen LogP contribution is -2.62. The predicted octanol–water partition coefficient (Wildman–Crippen LogP) is 4.77. The van der Waals surface area contributed by atoms with Gasteiger partial charge in [0.25, 0.3) is 0 Å². The minimum absolute atomic E-state index is 0.0909. The van der Waals surface area contributed by atoms with Gasteiger partial charge in [-0.05, 0) is 60.7 Å². The third-order valence-corrected chi connectivity index (χ3v) is 7.63. The summed E-state index contributed by atoms with van der Waals surface area (Å²) in [4.78, 5) is 18.0. The number of hydrogen-bond donors (Lipinski definition) is 1. The third-order valence-electron chi connectivity index (χ3n) is 7.63. The topological polar surface area (TPSA) is 35.6 Å². The number of fused-ring (bicyclic) bond motifs is 3. The fourth-order valence-electron chi connectivity index (χ4n) is 5.85. The molecule has 2 atom stereocenters. The van der Waals surface area contributed by atoms with E-state index in [9.17, 15) is 22.4 Å². The van der Waals surface area contributed by atoms with Crippen LogP contribution in [0.1, 0.15) is 42.4 Å². The number of nitrogens with one attached hydrogen (secondary N) is 1. The largest absolute Gasteiger partial charge is 0.416 e. The number of alkyl halides is 3. The fraction of sp³-hybridized carbons (Fsp3) is 0.500. The van der Waals surface area contributed by atoms with Crippen molar-refractivity contribution in [3.63, 3.8) is 0 Å². The van der Waals surface area contributed by atoms with E-state index >= 15 is 0 Å². The Morgan fingerprint density at radius 2 is 1.76 bits per heavy atom. The Morgan fingerprint density at radius 1 is 1.03 bits per heavy atom. The van der Waals surface area contributed by atoms with Crippen LogP contribution in [0.3, 0.4) is 0 Å². The number of hydrogen-bond acceptors (Lipinski definition) is 3. The number of halogens is 4. The summed E-state index contributed by atoms with van der Waals surface area (Å²) < 4.78 is 53.3. The van der Waals surface area contributed by atoms with Gasteiger partial charge in [0.1, 0.15) is 5.82 Å². The van der Waals surface area contributed by atoms with Gasteiger partial charge in [-0.1, -0.05) is 25.0 Å². The molecular formula is C26H29F4N3O. The third kappa shape index (κ3) is 4.65. The van der Waals surface area contributed by atoms with Gasteiger partial charge in [-0.15, -0.1) is 0 Å². The SMILES string of the molecule is O=C(NCc1ccc(F)cc1)[C@@H]1Cc2cc(C(F)(F)F)ccc2N2CCN(C3CCCC3)C[C@@H]12. The standard InChI is InChI=1S/C26H29F4N3O/c27-20-8-5-17(6-9-20)15-31-25(34)22-14-18-13-19(26(28,29)30)7-10-23(18)33-12-11-32(16-24(22)33)21-3-1-2-4-21/h5-10,13,21-22,24H,1-4,11-12,14-16H2,(H,31,34)/t22-,24+/m1/s1. The Bertz CT molecular complexity index is 1030. The monoisotopic (exact) mass is 475 g/mol. The first-order valence-electron chi connectivity index (χ1n) is 12.0. The minimum Gasteiger partial charge on any atom is -0.365 e. The van der Waals surface area contributed by atoms with Crippen molar-refractivity contribution in [1.82, 2.24) is 10.2 Å². The number of amides is 1. The molecule has 8 heteroatoms. The van der Waals surface area contributed by atoms with Gasteiger partial charge in [-0.25, -0.2) is 4.39 Å². The van der Waals surface area contributed by atoms with Gasteiger partial charge in [0.05, 0.1) is 17.5 Å². The maximum atomic E-state index is 13.4. The number of benzene rings is 2. The highest BCUT2D eigenvalue weighted by Gasteiger charge is 2.43. The van der Waals surface area contributed by atoms with Crippen molar-refractivity contribution >= 4 is 11.6 Å². The van der Waals surface area contributed by atoms with Crippen LogP contribution in [-0.4, -0.2) is 42.5 Å². The molecule has 1 amide bonds. The normalized spacial score (nSPS) is 23.5.